The summed E-state index contributed by atoms with van der Waals surface area (Å²) in [7, 11) is 0. The zero-order valence-electron chi connectivity index (χ0n) is 25.5. The van der Waals surface area contributed by atoms with E-state index in [2.05, 4.69) is 33.8 Å². The van der Waals surface area contributed by atoms with Crippen LogP contribution < -0.4 is 0 Å². The summed E-state index contributed by atoms with van der Waals surface area (Å²) in [5.74, 6) is 1.68. The number of aliphatic hydroxyl groups is 3. The minimum absolute atomic E-state index is 0.0868. The van der Waals surface area contributed by atoms with Gasteiger partial charge in [-0.3, -0.25) is 0 Å². The summed E-state index contributed by atoms with van der Waals surface area (Å²) < 4.78 is 24.9. The van der Waals surface area contributed by atoms with Crippen molar-refractivity contribution in [3.63, 3.8) is 0 Å². The summed E-state index contributed by atoms with van der Waals surface area (Å²) in [6, 6.07) is 0. The first-order chi connectivity index (χ1) is 19.9. The predicted octanol–water partition coefficient (Wildman–Crippen LogP) is 3.63. The van der Waals surface area contributed by atoms with E-state index in [1.54, 1.807) is 0 Å². The maximum atomic E-state index is 11.5. The second kappa shape index (κ2) is 10.2. The van der Waals surface area contributed by atoms with Gasteiger partial charge in [0.1, 0.15) is 18.3 Å². The molecule has 9 heteroatoms. The molecule has 0 aromatic heterocycles. The molecule has 3 heterocycles. The minimum Gasteiger partial charge on any atom is -0.479 e. The Kier molecular flexibility index (Phi) is 7.21. The zero-order valence-corrected chi connectivity index (χ0v) is 25.5. The molecule has 6 fully saturated rings. The topological polar surface area (TPSA) is 135 Å². The van der Waals surface area contributed by atoms with Gasteiger partial charge in [-0.25, -0.2) is 4.79 Å². The molecular weight excluding hydrogens is 540 g/mol. The van der Waals surface area contributed by atoms with Crippen LogP contribution in [0.4, 0.5) is 0 Å². The molecule has 9 nitrogen and oxygen atoms in total. The van der Waals surface area contributed by atoms with Gasteiger partial charge in [-0.05, 0) is 91.8 Å². The Bertz CT molecular complexity index is 1100. The minimum atomic E-state index is -1.71. The smallest absolute Gasteiger partial charge is 0.335 e. The van der Waals surface area contributed by atoms with Gasteiger partial charge in [0.25, 0.3) is 0 Å². The highest BCUT2D eigenvalue weighted by atomic mass is 16.7. The van der Waals surface area contributed by atoms with Crippen molar-refractivity contribution in [1.29, 1.82) is 0 Å². The van der Waals surface area contributed by atoms with Crippen molar-refractivity contribution in [3.8, 4) is 0 Å². The Morgan fingerprint density at radius 1 is 1.00 bits per heavy atom. The first-order valence-corrected chi connectivity index (χ1v) is 16.5. The molecule has 0 aromatic carbocycles. The van der Waals surface area contributed by atoms with Crippen molar-refractivity contribution in [2.24, 2.45) is 46.3 Å². The molecule has 1 spiro atoms. The predicted molar refractivity (Wildman–Crippen MR) is 151 cm³/mol. The molecule has 3 aliphatic heterocycles. The molecule has 7 aliphatic rings. The molecule has 13 unspecified atom stereocenters. The van der Waals surface area contributed by atoms with Crippen molar-refractivity contribution < 1.29 is 44.2 Å². The summed E-state index contributed by atoms with van der Waals surface area (Å²) in [6.45, 7) is 10.5. The molecule has 0 amide bonds. The molecular formula is C33H50O9. The molecule has 3 saturated carbocycles. The van der Waals surface area contributed by atoms with E-state index < -0.39 is 36.7 Å². The number of hydrogen-bond donors (Lipinski definition) is 4. The lowest BCUT2D eigenvalue weighted by Crippen LogP contribution is -2.61. The molecule has 7 rings (SSSR count). The Labute approximate surface area is 248 Å². The molecule has 4 N–H and O–H groups in total. The van der Waals surface area contributed by atoms with Gasteiger partial charge in [0.15, 0.2) is 18.2 Å². The number of aliphatic carboxylic acids is 1. The van der Waals surface area contributed by atoms with E-state index in [0.717, 1.165) is 38.7 Å². The molecule has 3 saturated heterocycles. The van der Waals surface area contributed by atoms with Gasteiger partial charge >= 0.3 is 5.97 Å². The van der Waals surface area contributed by atoms with Crippen molar-refractivity contribution >= 4 is 5.97 Å². The summed E-state index contributed by atoms with van der Waals surface area (Å²) >= 11 is 0. The fourth-order valence-electron chi connectivity index (χ4n) is 11.1. The van der Waals surface area contributed by atoms with E-state index in [9.17, 15) is 25.2 Å². The van der Waals surface area contributed by atoms with Crippen molar-refractivity contribution in [1.82, 2.24) is 0 Å². The highest BCUT2D eigenvalue weighted by Gasteiger charge is 2.68. The molecule has 16 atom stereocenters. The number of carboxylic acid groups (broad SMARTS) is 1. The summed E-state index contributed by atoms with van der Waals surface area (Å²) in [6.07, 6.45) is 3.92. The number of rotatable bonds is 3. The lowest BCUT2D eigenvalue weighted by atomic mass is 9.47. The van der Waals surface area contributed by atoms with Crippen LogP contribution in [0.3, 0.4) is 0 Å². The lowest BCUT2D eigenvalue weighted by Gasteiger charge is -2.58. The van der Waals surface area contributed by atoms with Crippen molar-refractivity contribution in [2.75, 3.05) is 6.61 Å². The first kappa shape index (κ1) is 29.6. The van der Waals surface area contributed by atoms with Crippen LogP contribution in [0.2, 0.25) is 0 Å². The van der Waals surface area contributed by atoms with Crippen LogP contribution in [0.15, 0.2) is 11.6 Å². The average Bonchev–Trinajstić information content (AvgIpc) is 3.40. The van der Waals surface area contributed by atoms with Crippen LogP contribution in [0, 0.1) is 46.3 Å². The number of hydrogen-bond acceptors (Lipinski definition) is 8. The maximum Gasteiger partial charge on any atom is 0.335 e. The number of ether oxygens (including phenoxy) is 4. The highest BCUT2D eigenvalue weighted by Crippen LogP contribution is 2.70. The van der Waals surface area contributed by atoms with Crippen LogP contribution >= 0.6 is 0 Å². The van der Waals surface area contributed by atoms with Gasteiger partial charge in [-0.2, -0.15) is 0 Å². The van der Waals surface area contributed by atoms with Crippen LogP contribution in [0.5, 0.6) is 0 Å². The normalized spacial score (nSPS) is 57.1. The van der Waals surface area contributed by atoms with Crippen LogP contribution in [-0.4, -0.2) is 81.7 Å². The first-order valence-electron chi connectivity index (χ1n) is 16.5. The highest BCUT2D eigenvalue weighted by molar-refractivity contribution is 5.73. The second-order valence-corrected chi connectivity index (χ2v) is 15.5. The molecule has 4 aliphatic carbocycles. The summed E-state index contributed by atoms with van der Waals surface area (Å²) in [5.41, 5.74) is 1.75. The number of carbonyl (C=O) groups is 1. The van der Waals surface area contributed by atoms with Crippen LogP contribution in [0.25, 0.3) is 0 Å². The standard InChI is InChI=1S/C33H50O9/c1-16-7-12-33(39-15-16)17(2)24-23(42-33)14-22-20-6-5-18-13-19(8-10-31(18,3)21(20)9-11-32(22,24)4)40-30-27(36)25(34)26(35)28(41-30)29(37)38/h5,16-17,19-28,30,34-36H,6-15H2,1-4H3,(H,37,38)/t16?,17?,19?,20?,21?,22?,23?,24?,25?,26?,27?,28?,30?,31-,32-,33-/m0/s1. The van der Waals surface area contributed by atoms with E-state index in [4.69, 9.17) is 18.9 Å². The number of allylic oxidation sites excluding steroid dienone is 1. The van der Waals surface area contributed by atoms with Gasteiger partial charge in [-0.15, -0.1) is 0 Å². The van der Waals surface area contributed by atoms with E-state index in [-0.39, 0.29) is 28.8 Å². The number of aliphatic hydroxyl groups excluding tert-OH is 3. The Morgan fingerprint density at radius 2 is 1.79 bits per heavy atom. The lowest BCUT2D eigenvalue weighted by molar-refractivity contribution is -0.306. The van der Waals surface area contributed by atoms with Gasteiger partial charge in [0.2, 0.25) is 0 Å². The average molecular weight is 591 g/mol. The van der Waals surface area contributed by atoms with Crippen molar-refractivity contribution in [3.05, 3.63) is 11.6 Å². The maximum absolute atomic E-state index is 11.5. The van der Waals surface area contributed by atoms with Crippen LogP contribution in [0.1, 0.15) is 85.5 Å². The van der Waals surface area contributed by atoms with Crippen molar-refractivity contribution in [2.45, 2.75) is 134 Å². The Hall–Kier alpha value is -1.07. The zero-order chi connectivity index (χ0) is 29.8. The summed E-state index contributed by atoms with van der Waals surface area (Å²) in [4.78, 5) is 11.5. The van der Waals surface area contributed by atoms with E-state index >= 15 is 0 Å². The third kappa shape index (κ3) is 4.24. The van der Waals surface area contributed by atoms with E-state index in [1.807, 2.05) is 0 Å². The molecule has 42 heavy (non-hydrogen) atoms. The molecule has 0 aromatic rings. The largest absolute Gasteiger partial charge is 0.479 e. The van der Waals surface area contributed by atoms with Gasteiger partial charge in [-0.1, -0.05) is 39.3 Å². The van der Waals surface area contributed by atoms with Gasteiger partial charge < -0.3 is 39.4 Å². The van der Waals surface area contributed by atoms with E-state index in [1.165, 1.54) is 24.8 Å². The molecule has 236 valence electrons. The Morgan fingerprint density at radius 3 is 2.50 bits per heavy atom. The number of carboxylic acids is 1. The molecule has 0 radical (unpaired) electrons. The van der Waals surface area contributed by atoms with Crippen LogP contribution in [-0.2, 0) is 23.7 Å². The third-order valence-corrected chi connectivity index (χ3v) is 13.5. The van der Waals surface area contributed by atoms with E-state index in [0.29, 0.717) is 41.9 Å². The van der Waals surface area contributed by atoms with Gasteiger partial charge in [0, 0.05) is 12.3 Å². The third-order valence-electron chi connectivity index (χ3n) is 13.5. The molecule has 0 bridgehead atoms. The second-order valence-electron chi connectivity index (χ2n) is 15.5. The monoisotopic (exact) mass is 590 g/mol. The fraction of sp³-hybridized carbons (Fsp3) is 0.909. The number of fused-ring (bicyclic) bond motifs is 7. The Balaban J connectivity index is 1.05. The fourth-order valence-corrected chi connectivity index (χ4v) is 11.1. The summed E-state index contributed by atoms with van der Waals surface area (Å²) in [5, 5.41) is 40.1. The SMILES string of the molecule is CC1CC[C@]2(OC1)OC1CC3C4CC=C5CC(OC6OC(C(=O)O)C(O)C(O)C6O)CC[C@]5(C)C4CC[C@]3(C)C1C2C. The quantitative estimate of drug-likeness (QED) is 0.364. The van der Waals surface area contributed by atoms with Gasteiger partial charge in [0.05, 0.1) is 18.8 Å².